The Bertz CT molecular complexity index is 854. The number of hydrogen-bond acceptors (Lipinski definition) is 2. The van der Waals surface area contributed by atoms with E-state index in [4.69, 9.17) is 10.4 Å². The lowest BCUT2D eigenvalue weighted by Crippen LogP contribution is -2.21. The van der Waals surface area contributed by atoms with Gasteiger partial charge >= 0.3 is 0 Å². The first-order chi connectivity index (χ1) is 11.4. The van der Waals surface area contributed by atoms with Gasteiger partial charge in [-0.15, -0.1) is 0 Å². The third-order valence-electron chi connectivity index (χ3n) is 4.88. The molecule has 2 heteroatoms. The molecule has 0 atom stereocenters. The summed E-state index contributed by atoms with van der Waals surface area (Å²) in [5, 5.41) is 8.81. The van der Waals surface area contributed by atoms with Gasteiger partial charge < -0.3 is 0 Å². The van der Waals surface area contributed by atoms with Crippen LogP contribution < -0.4 is 0 Å². The minimum Gasteiger partial charge on any atom is -0.300 e. The van der Waals surface area contributed by atoms with Crippen molar-refractivity contribution in [1.82, 2.24) is 0 Å². The predicted molar refractivity (Wildman–Crippen MR) is 103 cm³/mol. The topological polar surface area (TPSA) is 36.2 Å². The molecule has 0 fully saturated rings. The van der Waals surface area contributed by atoms with Crippen LogP contribution in [0.4, 0.5) is 0 Å². The van der Waals surface area contributed by atoms with Crippen molar-refractivity contribution in [3.63, 3.8) is 0 Å². The average Bonchev–Trinajstić information content (AvgIpc) is 2.61. The number of nitrogens with one attached hydrogen (secondary N) is 1. The van der Waals surface area contributed by atoms with E-state index >= 15 is 0 Å². The smallest absolute Gasteiger partial charge is 0.0751 e. The van der Waals surface area contributed by atoms with Gasteiger partial charge in [-0.1, -0.05) is 62.4 Å². The Hall–Kier alpha value is -2.48. The number of allylic oxidation sites excluding steroid dienone is 1. The van der Waals surface area contributed by atoms with Crippen LogP contribution in [0.2, 0.25) is 0 Å². The van der Waals surface area contributed by atoms with Gasteiger partial charge in [0, 0.05) is 22.9 Å². The highest BCUT2D eigenvalue weighted by Crippen LogP contribution is 2.34. The van der Waals surface area contributed by atoms with Crippen molar-refractivity contribution in [3.8, 4) is 0 Å². The molecule has 2 nitrogen and oxygen atoms in total. The van der Waals surface area contributed by atoms with Gasteiger partial charge in [0.05, 0.1) is 11.4 Å². The molecule has 3 rings (SSSR count). The zero-order valence-corrected chi connectivity index (χ0v) is 14.9. The molecule has 0 aliphatic carbocycles. The molecule has 1 N–H and O–H groups in total. The molecule has 0 unspecified atom stereocenters. The molecule has 0 aromatic heterocycles. The fourth-order valence-corrected chi connectivity index (χ4v) is 3.29. The number of rotatable bonds is 1. The first-order valence-electron chi connectivity index (χ1n) is 8.40. The fourth-order valence-electron chi connectivity index (χ4n) is 3.29. The van der Waals surface area contributed by atoms with Crippen LogP contribution in [0.3, 0.4) is 0 Å². The average molecular weight is 316 g/mol. The largest absolute Gasteiger partial charge is 0.300 e. The molecule has 24 heavy (non-hydrogen) atoms. The number of benzene rings is 2. The monoisotopic (exact) mass is 316 g/mol. The van der Waals surface area contributed by atoms with E-state index in [-0.39, 0.29) is 5.41 Å². The minimum atomic E-state index is -0.0478. The van der Waals surface area contributed by atoms with Gasteiger partial charge in [0.25, 0.3) is 0 Å². The number of aliphatic imine (C=N–C) groups is 1. The summed E-state index contributed by atoms with van der Waals surface area (Å²) in [7, 11) is 0. The standard InChI is InChI=1S/C22H24N2/c1-15-9-5-6-10-17(15)21-16(2)20(23)18-11-7-8-12-19(18)22(3,4)13-14-24-21/h5-12,14,23H,13H2,1-4H3/b21-16-,23-20?,24-14-. The number of aryl methyl sites for hydroxylation is 1. The van der Waals surface area contributed by atoms with E-state index in [0.717, 1.165) is 28.8 Å². The van der Waals surface area contributed by atoms with E-state index in [1.54, 1.807) is 0 Å². The zero-order valence-electron chi connectivity index (χ0n) is 14.9. The molecule has 122 valence electrons. The van der Waals surface area contributed by atoms with Crippen LogP contribution >= 0.6 is 0 Å². The van der Waals surface area contributed by atoms with Crippen LogP contribution in [0.25, 0.3) is 5.70 Å². The van der Waals surface area contributed by atoms with E-state index < -0.39 is 0 Å². The summed E-state index contributed by atoms with van der Waals surface area (Å²) < 4.78 is 0. The lowest BCUT2D eigenvalue weighted by Gasteiger charge is -2.26. The molecule has 1 aliphatic rings. The molecule has 0 saturated heterocycles. The Balaban J connectivity index is 2.25. The number of nitrogens with zero attached hydrogens (tertiary/aromatic N) is 1. The van der Waals surface area contributed by atoms with Gasteiger partial charge in [0.1, 0.15) is 0 Å². The molecule has 2 aromatic rings. The second-order valence-electron chi connectivity index (χ2n) is 7.11. The van der Waals surface area contributed by atoms with Crippen molar-refractivity contribution < 1.29 is 0 Å². The van der Waals surface area contributed by atoms with Gasteiger partial charge in [-0.3, -0.25) is 10.4 Å². The highest BCUT2D eigenvalue weighted by Gasteiger charge is 2.26. The van der Waals surface area contributed by atoms with Crippen molar-refractivity contribution in [2.75, 3.05) is 0 Å². The van der Waals surface area contributed by atoms with Crippen molar-refractivity contribution in [2.24, 2.45) is 4.99 Å². The Morgan fingerprint density at radius 2 is 1.54 bits per heavy atom. The van der Waals surface area contributed by atoms with Gasteiger partial charge in [0.15, 0.2) is 0 Å². The molecule has 0 saturated carbocycles. The molecule has 0 spiro atoms. The van der Waals surface area contributed by atoms with E-state index in [1.807, 2.05) is 31.3 Å². The third-order valence-corrected chi connectivity index (χ3v) is 4.88. The molecule has 0 amide bonds. The van der Waals surface area contributed by atoms with Gasteiger partial charge in [0.2, 0.25) is 0 Å². The van der Waals surface area contributed by atoms with Crippen LogP contribution in [-0.4, -0.2) is 11.9 Å². The molecular weight excluding hydrogens is 292 g/mol. The summed E-state index contributed by atoms with van der Waals surface area (Å²) in [5.41, 5.74) is 6.86. The van der Waals surface area contributed by atoms with Crippen LogP contribution in [0.1, 0.15) is 49.4 Å². The molecule has 1 aliphatic heterocycles. The summed E-state index contributed by atoms with van der Waals surface area (Å²) >= 11 is 0. The van der Waals surface area contributed by atoms with E-state index in [1.165, 1.54) is 11.1 Å². The van der Waals surface area contributed by atoms with Gasteiger partial charge in [-0.25, -0.2) is 0 Å². The highest BCUT2D eigenvalue weighted by molar-refractivity contribution is 6.15. The number of hydrogen-bond donors (Lipinski definition) is 1. The molecular formula is C22H24N2. The maximum absolute atomic E-state index is 8.81. The molecule has 2 aromatic carbocycles. The van der Waals surface area contributed by atoms with Crippen molar-refractivity contribution in [2.45, 2.75) is 39.5 Å². The second-order valence-corrected chi connectivity index (χ2v) is 7.11. The highest BCUT2D eigenvalue weighted by atomic mass is 14.7. The van der Waals surface area contributed by atoms with Crippen LogP contribution in [0.5, 0.6) is 0 Å². The molecule has 1 heterocycles. The SMILES string of the molecule is C/C1=C(c2ccccc2C)/N=C\CC(C)(C)c2ccccc2C1=N. The normalized spacial score (nSPS) is 21.4. The lowest BCUT2D eigenvalue weighted by atomic mass is 9.78. The lowest BCUT2D eigenvalue weighted by molar-refractivity contribution is 0.553. The van der Waals surface area contributed by atoms with Crippen LogP contribution in [0, 0.1) is 12.3 Å². The maximum atomic E-state index is 8.81. The first-order valence-corrected chi connectivity index (χ1v) is 8.40. The third kappa shape index (κ3) is 2.84. The Morgan fingerprint density at radius 1 is 0.917 bits per heavy atom. The van der Waals surface area contributed by atoms with E-state index in [2.05, 4.69) is 51.1 Å². The van der Waals surface area contributed by atoms with Crippen LogP contribution in [0.15, 0.2) is 59.1 Å². The molecule has 0 radical (unpaired) electrons. The van der Waals surface area contributed by atoms with E-state index in [0.29, 0.717) is 5.71 Å². The Kier molecular flexibility index (Phi) is 4.23. The maximum Gasteiger partial charge on any atom is 0.0751 e. The van der Waals surface area contributed by atoms with Crippen molar-refractivity contribution in [3.05, 3.63) is 76.4 Å². The summed E-state index contributed by atoms with van der Waals surface area (Å²) in [4.78, 5) is 4.80. The summed E-state index contributed by atoms with van der Waals surface area (Å²) in [6.07, 6.45) is 2.86. The predicted octanol–water partition coefficient (Wildman–Crippen LogP) is 5.55. The van der Waals surface area contributed by atoms with Crippen LogP contribution in [-0.2, 0) is 5.41 Å². The van der Waals surface area contributed by atoms with Crippen molar-refractivity contribution >= 4 is 17.6 Å². The van der Waals surface area contributed by atoms with E-state index in [9.17, 15) is 0 Å². The molecule has 0 bridgehead atoms. The summed E-state index contributed by atoms with van der Waals surface area (Å²) in [5.74, 6) is 0. The van der Waals surface area contributed by atoms with Crippen molar-refractivity contribution in [1.29, 1.82) is 5.41 Å². The minimum absolute atomic E-state index is 0.0478. The van der Waals surface area contributed by atoms with Gasteiger partial charge in [-0.05, 0) is 36.8 Å². The zero-order chi connectivity index (χ0) is 17.3. The summed E-state index contributed by atoms with van der Waals surface area (Å²) in [6, 6.07) is 16.5. The fraction of sp³-hybridized carbons (Fsp3) is 0.273. The Morgan fingerprint density at radius 3 is 2.25 bits per heavy atom. The first kappa shape index (κ1) is 16.4. The second kappa shape index (κ2) is 6.20. The number of fused-ring (bicyclic) bond motifs is 1. The summed E-state index contributed by atoms with van der Waals surface area (Å²) in [6.45, 7) is 8.55. The quantitative estimate of drug-likeness (QED) is 0.716. The Labute approximate surface area is 144 Å². The van der Waals surface area contributed by atoms with Gasteiger partial charge in [-0.2, -0.15) is 0 Å².